The molecule has 0 unspecified atom stereocenters. The van der Waals surface area contributed by atoms with Gasteiger partial charge in [0.15, 0.2) is 11.6 Å². The van der Waals surface area contributed by atoms with Crippen LogP contribution in [0.25, 0.3) is 0 Å². The van der Waals surface area contributed by atoms with Crippen LogP contribution < -0.4 is 5.32 Å². The number of nitrogens with one attached hydrogen (secondary N) is 1. The topological polar surface area (TPSA) is 45.0 Å². The molecule has 1 aliphatic carbocycles. The van der Waals surface area contributed by atoms with Gasteiger partial charge in [0.05, 0.1) is 12.2 Å². The zero-order chi connectivity index (χ0) is 14.9. The van der Waals surface area contributed by atoms with Gasteiger partial charge in [-0.25, -0.2) is 8.78 Å². The minimum atomic E-state index is -0.843. The summed E-state index contributed by atoms with van der Waals surface area (Å²) >= 11 is 0. The third kappa shape index (κ3) is 3.07. The lowest BCUT2D eigenvalue weighted by atomic mass is 9.99. The van der Waals surface area contributed by atoms with Crippen LogP contribution in [0.15, 0.2) is 18.2 Å². The van der Waals surface area contributed by atoms with Crippen molar-refractivity contribution in [3.8, 4) is 6.07 Å². The van der Waals surface area contributed by atoms with Gasteiger partial charge in [0.2, 0.25) is 0 Å². The predicted octanol–water partition coefficient (Wildman–Crippen LogP) is 3.08. The zero-order valence-corrected chi connectivity index (χ0v) is 11.7. The summed E-state index contributed by atoms with van der Waals surface area (Å²) in [4.78, 5) is 0. The van der Waals surface area contributed by atoms with Crippen LogP contribution in [0.3, 0.4) is 0 Å². The Bertz CT molecular complexity index is 566. The molecule has 2 atom stereocenters. The maximum Gasteiger partial charge on any atom is 0.159 e. The maximum atomic E-state index is 13.4. The van der Waals surface area contributed by atoms with Crippen molar-refractivity contribution in [2.45, 2.75) is 37.8 Å². The second-order valence-electron chi connectivity index (χ2n) is 6.08. The van der Waals surface area contributed by atoms with Crippen LogP contribution >= 0.6 is 0 Å². The third-order valence-electron chi connectivity index (χ3n) is 4.51. The van der Waals surface area contributed by atoms with E-state index in [1.54, 1.807) is 6.07 Å². The van der Waals surface area contributed by atoms with E-state index in [0.29, 0.717) is 18.6 Å². The van der Waals surface area contributed by atoms with E-state index in [9.17, 15) is 8.78 Å². The molecule has 0 bridgehead atoms. The third-order valence-corrected chi connectivity index (χ3v) is 4.51. The van der Waals surface area contributed by atoms with Gasteiger partial charge in [0.1, 0.15) is 0 Å². The summed E-state index contributed by atoms with van der Waals surface area (Å²) < 4.78 is 32.1. The van der Waals surface area contributed by atoms with Crippen molar-refractivity contribution in [1.29, 1.82) is 5.26 Å². The lowest BCUT2D eigenvalue weighted by molar-refractivity contribution is 0.0973. The van der Waals surface area contributed by atoms with Crippen LogP contribution in [0.1, 0.15) is 37.4 Å². The van der Waals surface area contributed by atoms with Crippen LogP contribution in [-0.4, -0.2) is 19.2 Å². The molecule has 1 heterocycles. The molecule has 2 fully saturated rings. The van der Waals surface area contributed by atoms with Crippen molar-refractivity contribution in [2.24, 2.45) is 5.41 Å². The van der Waals surface area contributed by atoms with E-state index in [-0.39, 0.29) is 17.6 Å². The summed E-state index contributed by atoms with van der Waals surface area (Å²) in [6, 6.07) is 6.25. The smallest absolute Gasteiger partial charge is 0.159 e. The number of halogens is 2. The average Bonchev–Trinajstić information content (AvgIpc) is 3.07. The number of hydrogen-bond donors (Lipinski definition) is 1. The van der Waals surface area contributed by atoms with Crippen LogP contribution in [0.5, 0.6) is 0 Å². The lowest BCUT2D eigenvalue weighted by Crippen LogP contribution is -2.36. The molecule has 3 nitrogen and oxygen atoms in total. The monoisotopic (exact) mass is 292 g/mol. The number of ether oxygens (including phenoxy) is 1. The Kier molecular flexibility index (Phi) is 3.92. The molecular formula is C16H18F2N2O. The van der Waals surface area contributed by atoms with Crippen molar-refractivity contribution in [3.05, 3.63) is 35.4 Å². The van der Waals surface area contributed by atoms with Crippen LogP contribution in [0.4, 0.5) is 8.78 Å². The highest BCUT2D eigenvalue weighted by Crippen LogP contribution is 2.48. The van der Waals surface area contributed by atoms with Gasteiger partial charge in [-0.05, 0) is 42.4 Å². The highest BCUT2D eigenvalue weighted by atomic mass is 19.2. The van der Waals surface area contributed by atoms with E-state index in [0.717, 1.165) is 31.9 Å². The Hall–Kier alpha value is -1.51. The molecule has 1 aromatic carbocycles. The fourth-order valence-corrected chi connectivity index (χ4v) is 2.92. The van der Waals surface area contributed by atoms with Crippen molar-refractivity contribution in [2.75, 3.05) is 13.2 Å². The molecule has 0 aromatic heterocycles. The second kappa shape index (κ2) is 5.70. The quantitative estimate of drug-likeness (QED) is 0.907. The van der Waals surface area contributed by atoms with Gasteiger partial charge in [-0.2, -0.15) is 5.26 Å². The van der Waals surface area contributed by atoms with Crippen molar-refractivity contribution >= 4 is 0 Å². The molecule has 1 N–H and O–H groups in total. The van der Waals surface area contributed by atoms with Crippen molar-refractivity contribution < 1.29 is 13.5 Å². The second-order valence-corrected chi connectivity index (χ2v) is 6.08. The van der Waals surface area contributed by atoms with E-state index >= 15 is 0 Å². The standard InChI is InChI=1S/C16H18F2N2O/c17-12-2-1-11(9-13(12)18)15-14(3-8-21-15)20-10-16(4-5-16)6-7-19/h1-2,9,14-15,20H,3-6,8,10H2/t14-,15+/m1/s1. The summed E-state index contributed by atoms with van der Waals surface area (Å²) in [6.07, 6.45) is 3.32. The Morgan fingerprint density at radius 3 is 2.81 bits per heavy atom. The van der Waals surface area contributed by atoms with E-state index < -0.39 is 11.6 Å². The van der Waals surface area contributed by atoms with Gasteiger partial charge < -0.3 is 10.1 Å². The molecule has 3 rings (SSSR count). The highest BCUT2D eigenvalue weighted by molar-refractivity contribution is 5.22. The van der Waals surface area contributed by atoms with Crippen LogP contribution in [-0.2, 0) is 4.74 Å². The van der Waals surface area contributed by atoms with Crippen LogP contribution in [0.2, 0.25) is 0 Å². The van der Waals surface area contributed by atoms with Gasteiger partial charge >= 0.3 is 0 Å². The van der Waals surface area contributed by atoms with Gasteiger partial charge in [-0.1, -0.05) is 6.07 Å². The largest absolute Gasteiger partial charge is 0.372 e. The number of nitriles is 1. The zero-order valence-electron chi connectivity index (χ0n) is 11.7. The van der Waals surface area contributed by atoms with Crippen molar-refractivity contribution in [1.82, 2.24) is 5.32 Å². The molecule has 2 aliphatic rings. The Balaban J connectivity index is 1.65. The fourth-order valence-electron chi connectivity index (χ4n) is 2.92. The summed E-state index contributed by atoms with van der Waals surface area (Å²) in [5, 5.41) is 12.3. The molecule has 0 spiro atoms. The minimum absolute atomic E-state index is 0.0889. The molecule has 0 radical (unpaired) electrons. The SMILES string of the molecule is N#CCC1(CN[C@@H]2CCO[C@H]2c2ccc(F)c(F)c2)CC1. The van der Waals surface area contributed by atoms with Gasteiger partial charge in [-0.15, -0.1) is 0 Å². The Labute approximate surface area is 122 Å². The normalized spacial score (nSPS) is 26.5. The number of hydrogen-bond acceptors (Lipinski definition) is 3. The summed E-state index contributed by atoms with van der Waals surface area (Å²) in [5.41, 5.74) is 0.782. The van der Waals surface area contributed by atoms with E-state index in [1.807, 2.05) is 0 Å². The fraction of sp³-hybridized carbons (Fsp3) is 0.562. The predicted molar refractivity (Wildman–Crippen MR) is 73.4 cm³/mol. The highest BCUT2D eigenvalue weighted by Gasteiger charge is 2.43. The van der Waals surface area contributed by atoms with Gasteiger partial charge in [0, 0.05) is 25.6 Å². The number of benzene rings is 1. The number of rotatable bonds is 5. The van der Waals surface area contributed by atoms with Gasteiger partial charge in [-0.3, -0.25) is 0 Å². The summed E-state index contributed by atoms with van der Waals surface area (Å²) in [7, 11) is 0. The van der Waals surface area contributed by atoms with Crippen LogP contribution in [0, 0.1) is 28.4 Å². The van der Waals surface area contributed by atoms with Crippen molar-refractivity contribution in [3.63, 3.8) is 0 Å². The maximum absolute atomic E-state index is 13.4. The molecule has 1 aromatic rings. The molecular weight excluding hydrogens is 274 g/mol. The Morgan fingerprint density at radius 1 is 1.33 bits per heavy atom. The van der Waals surface area contributed by atoms with E-state index in [1.165, 1.54) is 6.07 Å². The minimum Gasteiger partial charge on any atom is -0.372 e. The first-order valence-corrected chi connectivity index (χ1v) is 7.30. The molecule has 1 saturated carbocycles. The van der Waals surface area contributed by atoms with E-state index in [4.69, 9.17) is 10.00 Å². The first-order chi connectivity index (χ1) is 10.1. The van der Waals surface area contributed by atoms with Gasteiger partial charge in [0.25, 0.3) is 0 Å². The molecule has 1 aliphatic heterocycles. The van der Waals surface area contributed by atoms with E-state index in [2.05, 4.69) is 11.4 Å². The molecule has 1 saturated heterocycles. The number of nitrogens with zero attached hydrogens (tertiary/aromatic N) is 1. The summed E-state index contributed by atoms with van der Waals surface area (Å²) in [5.74, 6) is -1.68. The molecule has 21 heavy (non-hydrogen) atoms. The first kappa shape index (κ1) is 14.4. The Morgan fingerprint density at radius 2 is 2.14 bits per heavy atom. The summed E-state index contributed by atoms with van der Waals surface area (Å²) in [6.45, 7) is 1.39. The molecule has 0 amide bonds. The molecule has 5 heteroatoms. The lowest BCUT2D eigenvalue weighted by Gasteiger charge is -2.23. The first-order valence-electron chi connectivity index (χ1n) is 7.30. The molecule has 112 valence electrons. The average molecular weight is 292 g/mol.